The highest BCUT2D eigenvalue weighted by Gasteiger charge is 2.23. The van der Waals surface area contributed by atoms with E-state index in [4.69, 9.17) is 10.5 Å². The van der Waals surface area contributed by atoms with Gasteiger partial charge >= 0.3 is 0 Å². The number of anilines is 1. The summed E-state index contributed by atoms with van der Waals surface area (Å²) < 4.78 is 5.75. The van der Waals surface area contributed by atoms with Crippen LogP contribution in [0, 0.1) is 5.92 Å². The Labute approximate surface area is 142 Å². The van der Waals surface area contributed by atoms with Gasteiger partial charge in [-0.2, -0.15) is 0 Å². The third-order valence-electron chi connectivity index (χ3n) is 4.90. The zero-order chi connectivity index (χ0) is 16.8. The van der Waals surface area contributed by atoms with Gasteiger partial charge in [0.15, 0.2) is 0 Å². The van der Waals surface area contributed by atoms with Crippen LogP contribution in [0.15, 0.2) is 18.2 Å². The number of rotatable bonds is 7. The average molecular weight is 319 g/mol. The van der Waals surface area contributed by atoms with Crippen molar-refractivity contribution in [2.24, 2.45) is 5.92 Å². The smallest absolute Gasteiger partial charge is 0.142 e. The fraction of sp³-hybridized carbons (Fsp3) is 0.700. The van der Waals surface area contributed by atoms with Crippen LogP contribution in [0.3, 0.4) is 0 Å². The molecule has 1 aliphatic heterocycles. The summed E-state index contributed by atoms with van der Waals surface area (Å²) in [7, 11) is 0. The number of benzene rings is 1. The first-order valence-electron chi connectivity index (χ1n) is 9.24. The molecule has 0 aromatic heterocycles. The zero-order valence-electron chi connectivity index (χ0n) is 15.3. The van der Waals surface area contributed by atoms with Crippen LogP contribution in [-0.2, 0) is 6.42 Å². The predicted molar refractivity (Wildman–Crippen MR) is 99.0 cm³/mol. The lowest BCUT2D eigenvalue weighted by Crippen LogP contribution is -2.44. The number of hydrogen-bond acceptors (Lipinski definition) is 3. The summed E-state index contributed by atoms with van der Waals surface area (Å²) in [6, 6.07) is 7.73. The van der Waals surface area contributed by atoms with Gasteiger partial charge in [-0.3, -0.25) is 4.90 Å². The van der Waals surface area contributed by atoms with Gasteiger partial charge in [0, 0.05) is 12.1 Å². The van der Waals surface area contributed by atoms with E-state index >= 15 is 0 Å². The van der Waals surface area contributed by atoms with E-state index in [1.165, 1.54) is 37.8 Å². The minimum absolute atomic E-state index is 0.516. The summed E-state index contributed by atoms with van der Waals surface area (Å²) in [6.45, 7) is 10.9. The van der Waals surface area contributed by atoms with Crippen LogP contribution in [0.2, 0.25) is 0 Å². The maximum Gasteiger partial charge on any atom is 0.142 e. The summed E-state index contributed by atoms with van der Waals surface area (Å²) in [5.74, 6) is 1.34. The molecule has 0 radical (unpaired) electrons. The van der Waals surface area contributed by atoms with Crippen LogP contribution in [0.4, 0.5) is 5.69 Å². The highest BCUT2D eigenvalue weighted by Crippen LogP contribution is 2.25. The van der Waals surface area contributed by atoms with Crippen LogP contribution in [0.1, 0.15) is 58.9 Å². The van der Waals surface area contributed by atoms with Gasteiger partial charge in [0.05, 0.1) is 12.3 Å². The van der Waals surface area contributed by atoms with Crippen LogP contribution in [0.25, 0.3) is 0 Å². The number of ether oxygens (including phenoxy) is 1. The van der Waals surface area contributed by atoms with E-state index in [9.17, 15) is 0 Å². The molecule has 1 aromatic rings. The van der Waals surface area contributed by atoms with Crippen LogP contribution in [0.5, 0.6) is 5.75 Å². The van der Waals surface area contributed by atoms with E-state index in [-0.39, 0.29) is 0 Å². The standard InChI is InChI=1S/C20H34N2O/c1-15(2)14-23-20-11-10-18(13-19(20)21)9-6-12-22-16(3)7-5-8-17(22)4/h10-11,13,15-17H,5-9,12,14,21H2,1-4H3. The van der Waals surface area contributed by atoms with E-state index in [0.717, 1.165) is 29.9 Å². The minimum Gasteiger partial charge on any atom is -0.491 e. The molecule has 1 heterocycles. The van der Waals surface area contributed by atoms with E-state index in [1.807, 2.05) is 6.07 Å². The number of piperidine rings is 1. The number of hydrogen-bond donors (Lipinski definition) is 1. The van der Waals surface area contributed by atoms with Crippen LogP contribution < -0.4 is 10.5 Å². The van der Waals surface area contributed by atoms with Crippen molar-refractivity contribution in [3.8, 4) is 5.75 Å². The summed E-state index contributed by atoms with van der Waals surface area (Å²) in [6.07, 6.45) is 6.36. The van der Waals surface area contributed by atoms with Crippen molar-refractivity contribution >= 4 is 5.69 Å². The number of likely N-dealkylation sites (tertiary alicyclic amines) is 1. The van der Waals surface area contributed by atoms with Gasteiger partial charge in [-0.05, 0) is 69.7 Å². The quantitative estimate of drug-likeness (QED) is 0.752. The normalized spacial score (nSPS) is 22.5. The van der Waals surface area contributed by atoms with Gasteiger partial charge in [0.2, 0.25) is 0 Å². The maximum absolute atomic E-state index is 6.13. The van der Waals surface area contributed by atoms with Crippen LogP contribution in [-0.4, -0.2) is 30.1 Å². The fourth-order valence-electron chi connectivity index (χ4n) is 3.52. The Hall–Kier alpha value is -1.22. The van der Waals surface area contributed by atoms with Gasteiger partial charge in [0.1, 0.15) is 5.75 Å². The topological polar surface area (TPSA) is 38.5 Å². The summed E-state index contributed by atoms with van der Waals surface area (Å²) >= 11 is 0. The lowest BCUT2D eigenvalue weighted by atomic mass is 9.97. The third-order valence-corrected chi connectivity index (χ3v) is 4.90. The molecule has 0 amide bonds. The number of nitrogens with two attached hydrogens (primary N) is 1. The highest BCUT2D eigenvalue weighted by atomic mass is 16.5. The molecule has 2 atom stereocenters. The Morgan fingerprint density at radius 1 is 1.22 bits per heavy atom. The molecule has 23 heavy (non-hydrogen) atoms. The summed E-state index contributed by atoms with van der Waals surface area (Å²) in [4.78, 5) is 2.67. The monoisotopic (exact) mass is 318 g/mol. The third kappa shape index (κ3) is 5.42. The molecule has 0 bridgehead atoms. The lowest BCUT2D eigenvalue weighted by molar-refractivity contribution is 0.102. The molecule has 1 saturated heterocycles. The zero-order valence-corrected chi connectivity index (χ0v) is 15.3. The second-order valence-corrected chi connectivity index (χ2v) is 7.55. The second-order valence-electron chi connectivity index (χ2n) is 7.55. The molecule has 130 valence electrons. The van der Waals surface area contributed by atoms with Gasteiger partial charge in [0.25, 0.3) is 0 Å². The van der Waals surface area contributed by atoms with Crippen molar-refractivity contribution in [1.82, 2.24) is 4.90 Å². The first-order valence-corrected chi connectivity index (χ1v) is 9.24. The predicted octanol–water partition coefficient (Wildman–Crippen LogP) is 4.50. The Balaban J connectivity index is 1.82. The molecule has 0 spiro atoms. The SMILES string of the molecule is CC(C)COc1ccc(CCCN2C(C)CCCC2C)cc1N. The van der Waals surface area contributed by atoms with E-state index in [0.29, 0.717) is 12.5 Å². The number of nitrogen functional groups attached to an aromatic ring is 1. The molecular formula is C20H34N2O. The van der Waals surface area contributed by atoms with Gasteiger partial charge in [-0.15, -0.1) is 0 Å². The van der Waals surface area contributed by atoms with Crippen molar-refractivity contribution in [1.29, 1.82) is 0 Å². The first kappa shape index (κ1) is 18.1. The Kier molecular flexibility index (Phi) is 6.76. The molecule has 2 rings (SSSR count). The molecule has 3 heteroatoms. The van der Waals surface area contributed by atoms with Crippen molar-refractivity contribution < 1.29 is 4.74 Å². The summed E-state index contributed by atoms with van der Waals surface area (Å²) in [5, 5.41) is 0. The minimum atomic E-state index is 0.516. The van der Waals surface area contributed by atoms with Gasteiger partial charge in [-0.1, -0.05) is 26.3 Å². The molecular weight excluding hydrogens is 284 g/mol. The molecule has 0 saturated carbocycles. The van der Waals surface area contributed by atoms with E-state index < -0.39 is 0 Å². The molecule has 0 aliphatic carbocycles. The molecule has 1 aromatic carbocycles. The van der Waals surface area contributed by atoms with E-state index in [2.05, 4.69) is 44.7 Å². The maximum atomic E-state index is 6.13. The van der Waals surface area contributed by atoms with E-state index in [1.54, 1.807) is 0 Å². The van der Waals surface area contributed by atoms with Crippen molar-refractivity contribution in [3.05, 3.63) is 23.8 Å². The molecule has 2 N–H and O–H groups in total. The Morgan fingerprint density at radius 3 is 2.52 bits per heavy atom. The summed E-state index contributed by atoms with van der Waals surface area (Å²) in [5.41, 5.74) is 8.21. The van der Waals surface area contributed by atoms with Gasteiger partial charge < -0.3 is 10.5 Å². The Morgan fingerprint density at radius 2 is 1.91 bits per heavy atom. The molecule has 1 aliphatic rings. The fourth-order valence-corrected chi connectivity index (χ4v) is 3.52. The van der Waals surface area contributed by atoms with Crippen molar-refractivity contribution in [3.63, 3.8) is 0 Å². The van der Waals surface area contributed by atoms with Gasteiger partial charge in [-0.25, -0.2) is 0 Å². The average Bonchev–Trinajstić information content (AvgIpc) is 2.49. The molecule has 3 nitrogen and oxygen atoms in total. The number of nitrogens with zero attached hydrogens (tertiary/aromatic N) is 1. The first-order chi connectivity index (χ1) is 11.0. The number of aryl methyl sites for hydroxylation is 1. The second kappa shape index (κ2) is 8.58. The lowest BCUT2D eigenvalue weighted by Gasteiger charge is -2.39. The molecule has 1 fully saturated rings. The highest BCUT2D eigenvalue weighted by molar-refractivity contribution is 5.54. The molecule has 2 unspecified atom stereocenters. The largest absolute Gasteiger partial charge is 0.491 e. The van der Waals surface area contributed by atoms with Crippen molar-refractivity contribution in [2.75, 3.05) is 18.9 Å². The van der Waals surface area contributed by atoms with Crippen molar-refractivity contribution in [2.45, 2.75) is 71.9 Å². The Bertz CT molecular complexity index is 477. The van der Waals surface area contributed by atoms with Crippen LogP contribution >= 0.6 is 0 Å².